The van der Waals surface area contributed by atoms with Crippen LogP contribution >= 0.6 is 11.8 Å². The van der Waals surface area contributed by atoms with Crippen LogP contribution in [0.15, 0.2) is 21.9 Å². The number of hydrogen-bond donors (Lipinski definition) is 1. The number of aryl methyl sites for hydroxylation is 1. The van der Waals surface area contributed by atoms with Crippen LogP contribution < -0.4 is 5.32 Å². The molecule has 0 aliphatic carbocycles. The van der Waals surface area contributed by atoms with Crippen molar-refractivity contribution in [3.05, 3.63) is 18.1 Å². The first kappa shape index (κ1) is 17.6. The van der Waals surface area contributed by atoms with Gasteiger partial charge in [-0.1, -0.05) is 18.7 Å². The number of aromatic nitrogens is 3. The minimum atomic E-state index is -0.248. The molecule has 0 saturated heterocycles. The molecule has 0 aliphatic rings. The van der Waals surface area contributed by atoms with Gasteiger partial charge in [-0.3, -0.25) is 4.79 Å². The molecule has 126 valence electrons. The van der Waals surface area contributed by atoms with E-state index in [-0.39, 0.29) is 16.7 Å². The number of nitrogens with zero attached hydrogens (tertiary/aromatic N) is 3. The molecule has 0 saturated carbocycles. The maximum absolute atomic E-state index is 12.3. The lowest BCUT2D eigenvalue weighted by Gasteiger charge is -2.26. The van der Waals surface area contributed by atoms with Gasteiger partial charge >= 0.3 is 0 Å². The summed E-state index contributed by atoms with van der Waals surface area (Å²) in [5, 5.41) is 11.9. The van der Waals surface area contributed by atoms with E-state index >= 15 is 0 Å². The Kier molecular flexibility index (Phi) is 5.19. The Bertz CT molecular complexity index is 690. The Morgan fingerprint density at radius 2 is 2.17 bits per heavy atom. The molecule has 2 heterocycles. The van der Waals surface area contributed by atoms with Crippen molar-refractivity contribution in [1.82, 2.24) is 20.1 Å². The molecule has 2 aromatic rings. The first-order valence-electron chi connectivity index (χ1n) is 7.67. The minimum absolute atomic E-state index is 0.00546. The van der Waals surface area contributed by atoms with E-state index < -0.39 is 0 Å². The number of thioether (sulfide) groups is 1. The highest BCUT2D eigenvalue weighted by Crippen LogP contribution is 2.28. The van der Waals surface area contributed by atoms with Crippen molar-refractivity contribution in [2.45, 2.75) is 57.0 Å². The van der Waals surface area contributed by atoms with Gasteiger partial charge in [0.15, 0.2) is 11.0 Å². The highest BCUT2D eigenvalue weighted by molar-refractivity contribution is 8.00. The molecule has 2 aromatic heterocycles. The fourth-order valence-corrected chi connectivity index (χ4v) is 2.82. The summed E-state index contributed by atoms with van der Waals surface area (Å²) in [6.07, 6.45) is 2.51. The van der Waals surface area contributed by atoms with Crippen LogP contribution in [-0.2, 0) is 11.8 Å². The number of carbonyl (C=O) groups excluding carboxylic acids is 1. The zero-order valence-corrected chi connectivity index (χ0v) is 15.3. The molecular formula is C16H24N4O2S. The normalized spacial score (nSPS) is 13.1. The molecule has 0 bridgehead atoms. The molecular weight excluding hydrogens is 312 g/mol. The summed E-state index contributed by atoms with van der Waals surface area (Å²) in [7, 11) is 1.89. The van der Waals surface area contributed by atoms with Crippen LogP contribution in [-0.4, -0.2) is 31.5 Å². The van der Waals surface area contributed by atoms with Crippen LogP contribution in [0.3, 0.4) is 0 Å². The summed E-state index contributed by atoms with van der Waals surface area (Å²) >= 11 is 1.40. The van der Waals surface area contributed by atoms with Crippen LogP contribution in [0, 0.1) is 6.92 Å². The van der Waals surface area contributed by atoms with Gasteiger partial charge in [-0.05, 0) is 40.2 Å². The molecule has 6 nitrogen and oxygen atoms in total. The van der Waals surface area contributed by atoms with Gasteiger partial charge in [0.05, 0.1) is 17.1 Å². The van der Waals surface area contributed by atoms with E-state index in [4.69, 9.17) is 4.42 Å². The Balaban J connectivity index is 2.11. The number of amides is 1. The highest BCUT2D eigenvalue weighted by atomic mass is 32.2. The Labute approximate surface area is 141 Å². The lowest BCUT2D eigenvalue weighted by Crippen LogP contribution is -2.46. The number of rotatable bonds is 6. The summed E-state index contributed by atoms with van der Waals surface area (Å²) < 4.78 is 7.20. The Morgan fingerprint density at radius 1 is 1.48 bits per heavy atom. The van der Waals surface area contributed by atoms with Crippen molar-refractivity contribution in [3.8, 4) is 11.4 Å². The third-order valence-corrected chi connectivity index (χ3v) is 5.07. The molecule has 1 N–H and O–H groups in total. The average Bonchev–Trinajstić information content (AvgIpc) is 3.05. The van der Waals surface area contributed by atoms with Gasteiger partial charge in [-0.2, -0.15) is 0 Å². The number of furan rings is 1. The van der Waals surface area contributed by atoms with E-state index in [1.165, 1.54) is 11.8 Å². The van der Waals surface area contributed by atoms with Gasteiger partial charge < -0.3 is 14.3 Å². The monoisotopic (exact) mass is 336 g/mol. The SMILES string of the molecule is CCC(C)(C)NC(=O)C(C)Sc1nnc(-c2ccoc2C)n1C. The van der Waals surface area contributed by atoms with Gasteiger partial charge in [0.2, 0.25) is 5.91 Å². The summed E-state index contributed by atoms with van der Waals surface area (Å²) in [5.41, 5.74) is 0.710. The lowest BCUT2D eigenvalue weighted by atomic mass is 10.0. The minimum Gasteiger partial charge on any atom is -0.469 e. The molecule has 1 atom stereocenters. The van der Waals surface area contributed by atoms with Gasteiger partial charge in [-0.15, -0.1) is 10.2 Å². The van der Waals surface area contributed by atoms with E-state index in [1.54, 1.807) is 6.26 Å². The largest absolute Gasteiger partial charge is 0.469 e. The van der Waals surface area contributed by atoms with Gasteiger partial charge in [-0.25, -0.2) is 0 Å². The number of nitrogens with one attached hydrogen (secondary N) is 1. The van der Waals surface area contributed by atoms with Crippen molar-refractivity contribution in [2.75, 3.05) is 0 Å². The van der Waals surface area contributed by atoms with E-state index in [9.17, 15) is 4.79 Å². The molecule has 7 heteroatoms. The van der Waals surface area contributed by atoms with Crippen LogP contribution in [0.5, 0.6) is 0 Å². The number of hydrogen-bond acceptors (Lipinski definition) is 5. The summed E-state index contributed by atoms with van der Waals surface area (Å²) in [4.78, 5) is 12.3. The second-order valence-corrected chi connectivity index (χ2v) is 7.55. The van der Waals surface area contributed by atoms with Crippen LogP contribution in [0.25, 0.3) is 11.4 Å². The van der Waals surface area contributed by atoms with E-state index in [0.29, 0.717) is 5.16 Å². The molecule has 23 heavy (non-hydrogen) atoms. The van der Waals surface area contributed by atoms with Gasteiger partial charge in [0.25, 0.3) is 0 Å². The first-order chi connectivity index (χ1) is 10.7. The molecule has 1 unspecified atom stereocenters. The smallest absolute Gasteiger partial charge is 0.233 e. The second-order valence-electron chi connectivity index (χ2n) is 6.24. The first-order valence-corrected chi connectivity index (χ1v) is 8.55. The molecule has 0 spiro atoms. The van der Waals surface area contributed by atoms with Gasteiger partial charge in [0, 0.05) is 12.6 Å². The fourth-order valence-electron chi connectivity index (χ4n) is 2.00. The van der Waals surface area contributed by atoms with E-state index in [0.717, 1.165) is 23.6 Å². The summed E-state index contributed by atoms with van der Waals surface area (Å²) in [6, 6.07) is 1.87. The third kappa shape index (κ3) is 3.96. The predicted octanol–water partition coefficient (Wildman–Crippen LogP) is 3.17. The standard InChI is InChI=1S/C16H24N4O2S/c1-7-16(4,5)17-14(21)11(3)23-15-19-18-13(20(15)6)12-8-9-22-10(12)2/h8-9,11H,7H2,1-6H3,(H,17,21). The maximum atomic E-state index is 12.3. The summed E-state index contributed by atoms with van der Waals surface area (Å²) in [6.45, 7) is 9.86. The zero-order valence-electron chi connectivity index (χ0n) is 14.5. The van der Waals surface area contributed by atoms with Crippen LogP contribution in [0.4, 0.5) is 0 Å². The molecule has 1 amide bonds. The molecule has 2 rings (SSSR count). The zero-order chi connectivity index (χ0) is 17.2. The third-order valence-electron chi connectivity index (χ3n) is 3.93. The Hall–Kier alpha value is -1.76. The quantitative estimate of drug-likeness (QED) is 0.820. The van der Waals surface area contributed by atoms with E-state index in [2.05, 4.69) is 22.4 Å². The number of carbonyl (C=O) groups is 1. The van der Waals surface area contributed by atoms with Crippen LogP contribution in [0.2, 0.25) is 0 Å². The van der Waals surface area contributed by atoms with E-state index in [1.807, 2.05) is 45.4 Å². The highest BCUT2D eigenvalue weighted by Gasteiger charge is 2.24. The molecule has 0 fully saturated rings. The predicted molar refractivity (Wildman–Crippen MR) is 91.3 cm³/mol. The molecule has 0 radical (unpaired) electrons. The topological polar surface area (TPSA) is 73.0 Å². The maximum Gasteiger partial charge on any atom is 0.233 e. The van der Waals surface area contributed by atoms with Crippen molar-refractivity contribution in [2.24, 2.45) is 7.05 Å². The molecule has 0 aromatic carbocycles. The van der Waals surface area contributed by atoms with Crippen LogP contribution in [0.1, 0.15) is 39.9 Å². The second kappa shape index (κ2) is 6.78. The van der Waals surface area contributed by atoms with Crippen molar-refractivity contribution < 1.29 is 9.21 Å². The van der Waals surface area contributed by atoms with Gasteiger partial charge in [0.1, 0.15) is 5.76 Å². The Morgan fingerprint density at radius 3 is 2.74 bits per heavy atom. The van der Waals surface area contributed by atoms with Crippen molar-refractivity contribution in [1.29, 1.82) is 0 Å². The van der Waals surface area contributed by atoms with Crippen molar-refractivity contribution in [3.63, 3.8) is 0 Å². The fraction of sp³-hybridized carbons (Fsp3) is 0.562. The average molecular weight is 336 g/mol. The molecule has 0 aliphatic heterocycles. The summed E-state index contributed by atoms with van der Waals surface area (Å²) in [5.74, 6) is 1.54. The van der Waals surface area contributed by atoms with Crippen molar-refractivity contribution >= 4 is 17.7 Å². The lowest BCUT2D eigenvalue weighted by molar-refractivity contribution is -0.121.